The molecule has 0 spiro atoms. The molecule has 2 aromatic carbocycles. The maximum Gasteiger partial charge on any atom is 0.224 e. The van der Waals surface area contributed by atoms with Gasteiger partial charge in [0.25, 0.3) is 0 Å². The molecule has 3 aromatic rings. The molecule has 0 bridgehead atoms. The lowest BCUT2D eigenvalue weighted by atomic mass is 10.2. The number of hydrogen-bond donors (Lipinski definition) is 1. The number of likely N-dealkylation sites (tertiary alicyclic amines) is 1. The second-order valence-corrected chi connectivity index (χ2v) is 10.7. The van der Waals surface area contributed by atoms with Crippen molar-refractivity contribution >= 4 is 35.1 Å². The first-order valence-corrected chi connectivity index (χ1v) is 13.5. The second-order valence-electron chi connectivity index (χ2n) is 9.17. The lowest BCUT2D eigenvalue weighted by molar-refractivity contribution is 0.326. The van der Waals surface area contributed by atoms with Crippen LogP contribution in [0, 0.1) is 0 Å². The number of halogens is 1. The van der Waals surface area contributed by atoms with Gasteiger partial charge in [0.2, 0.25) is 5.95 Å². The number of anilines is 2. The van der Waals surface area contributed by atoms with Crippen LogP contribution in [0.4, 0.5) is 11.8 Å². The van der Waals surface area contributed by atoms with E-state index in [1.807, 2.05) is 24.4 Å². The van der Waals surface area contributed by atoms with Crippen LogP contribution in [0.1, 0.15) is 37.7 Å². The second kappa shape index (κ2) is 11.4. The molecule has 3 heterocycles. The van der Waals surface area contributed by atoms with Crippen molar-refractivity contribution in [3.05, 3.63) is 71.4 Å². The third-order valence-corrected chi connectivity index (χ3v) is 7.96. The summed E-state index contributed by atoms with van der Waals surface area (Å²) in [7, 11) is 0. The summed E-state index contributed by atoms with van der Waals surface area (Å²) in [6, 6.07) is 19.2. The van der Waals surface area contributed by atoms with E-state index in [0.29, 0.717) is 6.04 Å². The topological polar surface area (TPSA) is 44.3 Å². The average molecular weight is 494 g/mol. The summed E-state index contributed by atoms with van der Waals surface area (Å²) < 4.78 is 0. The molecule has 2 fully saturated rings. The van der Waals surface area contributed by atoms with Crippen LogP contribution in [-0.2, 0) is 6.54 Å². The SMILES string of the molecule is Clc1ccc(Sc2ccccc2CN2CCC(Nc3nccc(N4CCCCCC4)n3)C2)cc1. The molecule has 1 unspecified atom stereocenters. The largest absolute Gasteiger partial charge is 0.356 e. The first kappa shape index (κ1) is 23.5. The van der Waals surface area contributed by atoms with E-state index >= 15 is 0 Å². The quantitative estimate of drug-likeness (QED) is 0.414. The molecule has 0 radical (unpaired) electrons. The van der Waals surface area contributed by atoms with Crippen molar-refractivity contribution in [3.8, 4) is 0 Å². The lowest BCUT2D eigenvalue weighted by Gasteiger charge is -2.22. The molecule has 5 nitrogen and oxygen atoms in total. The van der Waals surface area contributed by atoms with Crippen molar-refractivity contribution in [2.75, 3.05) is 36.4 Å². The van der Waals surface area contributed by atoms with Gasteiger partial charge in [0.05, 0.1) is 0 Å². The number of nitrogens with one attached hydrogen (secondary N) is 1. The van der Waals surface area contributed by atoms with Crippen molar-refractivity contribution in [1.29, 1.82) is 0 Å². The van der Waals surface area contributed by atoms with Crippen LogP contribution in [0.25, 0.3) is 0 Å². The zero-order valence-corrected chi connectivity index (χ0v) is 21.1. The van der Waals surface area contributed by atoms with Crippen LogP contribution in [0.15, 0.2) is 70.6 Å². The predicted octanol–water partition coefficient (Wildman–Crippen LogP) is 6.35. The molecule has 2 saturated heterocycles. The monoisotopic (exact) mass is 493 g/mol. The Hall–Kier alpha value is -2.28. The molecule has 2 aliphatic heterocycles. The summed E-state index contributed by atoms with van der Waals surface area (Å²) in [6.45, 7) is 5.21. The van der Waals surface area contributed by atoms with E-state index in [4.69, 9.17) is 16.6 Å². The Morgan fingerprint density at radius 1 is 0.941 bits per heavy atom. The zero-order chi connectivity index (χ0) is 23.2. The standard InChI is InChI=1S/C27H32ClN5S/c28-22-9-11-24(12-10-22)34-25-8-4-3-7-21(25)19-32-18-14-23(20-32)30-27-29-15-13-26(31-27)33-16-5-1-2-6-17-33/h3-4,7-13,15,23H,1-2,5-6,14,16-20H2,(H,29,30,31). The maximum atomic E-state index is 6.05. The van der Waals surface area contributed by atoms with Gasteiger partial charge < -0.3 is 10.2 Å². The fourth-order valence-electron chi connectivity index (χ4n) is 4.78. The molecular weight excluding hydrogens is 462 g/mol. The van der Waals surface area contributed by atoms with Crippen LogP contribution in [0.3, 0.4) is 0 Å². The van der Waals surface area contributed by atoms with Crippen LogP contribution in [0.2, 0.25) is 5.02 Å². The van der Waals surface area contributed by atoms with Crippen molar-refractivity contribution in [2.24, 2.45) is 0 Å². The lowest BCUT2D eigenvalue weighted by Crippen LogP contribution is -2.28. The van der Waals surface area contributed by atoms with Gasteiger partial charge in [-0.1, -0.05) is 54.4 Å². The third kappa shape index (κ3) is 6.23. The Kier molecular flexibility index (Phi) is 7.89. The van der Waals surface area contributed by atoms with Crippen molar-refractivity contribution < 1.29 is 0 Å². The fourth-order valence-corrected chi connectivity index (χ4v) is 5.84. The van der Waals surface area contributed by atoms with Crippen molar-refractivity contribution in [2.45, 2.75) is 54.5 Å². The normalized spacial score (nSPS) is 19.2. The highest BCUT2D eigenvalue weighted by Gasteiger charge is 2.24. The zero-order valence-electron chi connectivity index (χ0n) is 19.5. The van der Waals surface area contributed by atoms with Gasteiger partial charge in [0.1, 0.15) is 5.82 Å². The third-order valence-electron chi connectivity index (χ3n) is 6.58. The van der Waals surface area contributed by atoms with Gasteiger partial charge in [-0.05, 0) is 61.2 Å². The number of nitrogens with zero attached hydrogens (tertiary/aromatic N) is 4. The Morgan fingerprint density at radius 3 is 2.56 bits per heavy atom. The molecule has 1 atom stereocenters. The van der Waals surface area contributed by atoms with Gasteiger partial charge in [-0.25, -0.2) is 4.98 Å². The fraction of sp³-hybridized carbons (Fsp3) is 0.407. The number of rotatable bonds is 7. The minimum absolute atomic E-state index is 0.371. The van der Waals surface area contributed by atoms with E-state index in [0.717, 1.165) is 55.9 Å². The minimum atomic E-state index is 0.371. The molecular formula is C27H32ClN5S. The first-order chi connectivity index (χ1) is 16.7. The highest BCUT2D eigenvalue weighted by Crippen LogP contribution is 2.32. The van der Waals surface area contributed by atoms with Crippen LogP contribution < -0.4 is 10.2 Å². The summed E-state index contributed by atoms with van der Waals surface area (Å²) in [6.07, 6.45) is 8.15. The molecule has 178 valence electrons. The van der Waals surface area contributed by atoms with Crippen LogP contribution in [0.5, 0.6) is 0 Å². The molecule has 1 aromatic heterocycles. The van der Waals surface area contributed by atoms with Crippen LogP contribution in [-0.4, -0.2) is 47.1 Å². The molecule has 34 heavy (non-hydrogen) atoms. The van der Waals surface area contributed by atoms with E-state index in [1.54, 1.807) is 11.8 Å². The highest BCUT2D eigenvalue weighted by molar-refractivity contribution is 7.99. The van der Waals surface area contributed by atoms with Gasteiger partial charge in [0.15, 0.2) is 0 Å². The molecule has 0 aliphatic carbocycles. The van der Waals surface area contributed by atoms with E-state index in [9.17, 15) is 0 Å². The molecule has 5 rings (SSSR count). The van der Waals surface area contributed by atoms with E-state index < -0.39 is 0 Å². The summed E-state index contributed by atoms with van der Waals surface area (Å²) >= 11 is 7.85. The number of hydrogen-bond acceptors (Lipinski definition) is 6. The Labute approximate surface area is 211 Å². The predicted molar refractivity (Wildman–Crippen MR) is 142 cm³/mol. The van der Waals surface area contributed by atoms with E-state index in [-0.39, 0.29) is 0 Å². The molecule has 7 heteroatoms. The van der Waals surface area contributed by atoms with Gasteiger partial charge in [-0.3, -0.25) is 4.90 Å². The van der Waals surface area contributed by atoms with E-state index in [1.165, 1.54) is 41.0 Å². The average Bonchev–Trinajstić information content (AvgIpc) is 3.11. The summed E-state index contributed by atoms with van der Waals surface area (Å²) in [4.78, 5) is 16.8. The Bertz CT molecular complexity index is 1070. The maximum absolute atomic E-state index is 6.05. The summed E-state index contributed by atoms with van der Waals surface area (Å²) in [5, 5.41) is 4.38. The van der Waals surface area contributed by atoms with Gasteiger partial charge in [-0.15, -0.1) is 0 Å². The number of aromatic nitrogens is 2. The van der Waals surface area contributed by atoms with Crippen LogP contribution >= 0.6 is 23.4 Å². The molecule has 0 amide bonds. The smallest absolute Gasteiger partial charge is 0.224 e. The van der Waals surface area contributed by atoms with Gasteiger partial charge in [-0.2, -0.15) is 4.98 Å². The van der Waals surface area contributed by atoms with Crippen molar-refractivity contribution in [1.82, 2.24) is 14.9 Å². The van der Waals surface area contributed by atoms with Crippen molar-refractivity contribution in [3.63, 3.8) is 0 Å². The van der Waals surface area contributed by atoms with E-state index in [2.05, 4.69) is 56.5 Å². The molecule has 1 N–H and O–H groups in total. The Balaban J connectivity index is 1.19. The number of benzene rings is 2. The summed E-state index contributed by atoms with van der Waals surface area (Å²) in [5.74, 6) is 1.81. The first-order valence-electron chi connectivity index (χ1n) is 12.3. The highest BCUT2D eigenvalue weighted by atomic mass is 35.5. The van der Waals surface area contributed by atoms with Gasteiger partial charge >= 0.3 is 0 Å². The van der Waals surface area contributed by atoms with Gasteiger partial charge in [0, 0.05) is 59.8 Å². The molecule has 0 saturated carbocycles. The molecule has 2 aliphatic rings. The Morgan fingerprint density at radius 2 is 1.74 bits per heavy atom. The summed E-state index contributed by atoms with van der Waals surface area (Å²) in [5.41, 5.74) is 1.36. The minimum Gasteiger partial charge on any atom is -0.356 e.